The molecule has 6 nitrogen and oxygen atoms in total. The summed E-state index contributed by atoms with van der Waals surface area (Å²) in [6.45, 7) is 3.26. The SMILES string of the molecule is CC(C)(O)CCOC(=O)C(C#N)C1Sc2c(O)c3c(c(O)c2S1)C1c2ccccc2C3C2=CC=CCC21. The molecule has 190 valence electrons. The van der Waals surface area contributed by atoms with E-state index < -0.39 is 22.1 Å². The molecule has 5 aliphatic rings. The van der Waals surface area contributed by atoms with Crippen molar-refractivity contribution < 1.29 is 24.9 Å². The van der Waals surface area contributed by atoms with E-state index in [-0.39, 0.29) is 42.3 Å². The Morgan fingerprint density at radius 1 is 1.16 bits per heavy atom. The number of hydrogen-bond acceptors (Lipinski definition) is 8. The van der Waals surface area contributed by atoms with Gasteiger partial charge in [0.2, 0.25) is 0 Å². The third-order valence-electron chi connectivity index (χ3n) is 7.75. The van der Waals surface area contributed by atoms with Crippen molar-refractivity contribution in [1.29, 1.82) is 5.26 Å². The minimum absolute atomic E-state index is 0.00641. The summed E-state index contributed by atoms with van der Waals surface area (Å²) < 4.78 is 4.73. The van der Waals surface area contributed by atoms with Crippen LogP contribution in [0.25, 0.3) is 0 Å². The molecule has 0 saturated heterocycles. The number of hydrogen-bond donors (Lipinski definition) is 3. The van der Waals surface area contributed by atoms with E-state index in [0.717, 1.165) is 23.1 Å². The standard InChI is InChI=1S/C29H27NO5S2/c1-29(2,34)11-12-35-27(33)18(13-30)28-36-25-23(31)21-19-14-7-3-4-8-15(14)20(17-10-6-5-9-16(17)19)22(21)24(32)26(25)37-28/h3-9,17-20,28,31-32,34H,10-12H2,1-2H3. The molecule has 4 aliphatic carbocycles. The van der Waals surface area contributed by atoms with Crippen molar-refractivity contribution in [3.63, 3.8) is 0 Å². The number of phenolic OH excluding ortho intramolecular Hbond substituents is 2. The van der Waals surface area contributed by atoms with E-state index in [2.05, 4.69) is 36.4 Å². The second-order valence-electron chi connectivity index (χ2n) is 10.6. The largest absolute Gasteiger partial charge is 0.506 e. The van der Waals surface area contributed by atoms with Gasteiger partial charge in [0, 0.05) is 29.4 Å². The Labute approximate surface area is 224 Å². The zero-order chi connectivity index (χ0) is 26.1. The predicted molar refractivity (Wildman–Crippen MR) is 142 cm³/mol. The summed E-state index contributed by atoms with van der Waals surface area (Å²) in [4.78, 5) is 13.8. The fraction of sp³-hybridized carbons (Fsp3) is 0.379. The highest BCUT2D eigenvalue weighted by Crippen LogP contribution is 2.68. The average Bonchev–Trinajstić information content (AvgIpc) is 3.32. The van der Waals surface area contributed by atoms with E-state index in [1.54, 1.807) is 13.8 Å². The lowest BCUT2D eigenvalue weighted by molar-refractivity contribution is -0.147. The molecule has 0 aromatic heterocycles. The molecule has 5 atom stereocenters. The van der Waals surface area contributed by atoms with Crippen LogP contribution in [0.5, 0.6) is 11.5 Å². The fourth-order valence-electron chi connectivity index (χ4n) is 6.08. The number of rotatable bonds is 5. The number of carbonyl (C=O) groups is 1. The Kier molecular flexibility index (Phi) is 5.86. The summed E-state index contributed by atoms with van der Waals surface area (Å²) in [5.74, 6) is -1.49. The smallest absolute Gasteiger partial charge is 0.325 e. The Balaban J connectivity index is 1.38. The Morgan fingerprint density at radius 3 is 2.51 bits per heavy atom. The average molecular weight is 534 g/mol. The number of nitriles is 1. The molecule has 2 aromatic carbocycles. The lowest BCUT2D eigenvalue weighted by Gasteiger charge is -2.48. The highest BCUT2D eigenvalue weighted by molar-refractivity contribution is 8.19. The fourth-order valence-corrected chi connectivity index (χ4v) is 9.07. The van der Waals surface area contributed by atoms with E-state index in [1.165, 1.54) is 34.7 Å². The molecule has 0 spiro atoms. The number of fused-ring (bicyclic) bond motifs is 1. The third-order valence-corrected chi connectivity index (χ3v) is 10.7. The summed E-state index contributed by atoms with van der Waals surface area (Å²) in [7, 11) is 0. The molecule has 8 heteroatoms. The maximum atomic E-state index is 12.8. The summed E-state index contributed by atoms with van der Waals surface area (Å²) in [5.41, 5.74) is 4.13. The summed E-state index contributed by atoms with van der Waals surface area (Å²) >= 11 is 2.47. The van der Waals surface area contributed by atoms with Gasteiger partial charge in [0.05, 0.1) is 32.7 Å². The highest BCUT2D eigenvalue weighted by atomic mass is 32.2. The molecule has 1 heterocycles. The van der Waals surface area contributed by atoms with Gasteiger partial charge < -0.3 is 20.1 Å². The van der Waals surface area contributed by atoms with Crippen LogP contribution in [0.4, 0.5) is 0 Å². The van der Waals surface area contributed by atoms with Gasteiger partial charge in [-0.25, -0.2) is 0 Å². The van der Waals surface area contributed by atoms with Crippen LogP contribution in [-0.4, -0.2) is 38.1 Å². The van der Waals surface area contributed by atoms with Crippen LogP contribution in [0, 0.1) is 23.2 Å². The van der Waals surface area contributed by atoms with Crippen molar-refractivity contribution in [2.75, 3.05) is 6.61 Å². The second-order valence-corrected chi connectivity index (χ2v) is 13.2. The normalized spacial score (nSPS) is 25.3. The van der Waals surface area contributed by atoms with Gasteiger partial charge in [-0.3, -0.25) is 4.79 Å². The number of phenols is 2. The minimum atomic E-state index is -1.09. The number of benzene rings is 2. The summed E-state index contributed by atoms with van der Waals surface area (Å²) in [6.07, 6.45) is 7.50. The van der Waals surface area contributed by atoms with Crippen LogP contribution in [-0.2, 0) is 9.53 Å². The summed E-state index contributed by atoms with van der Waals surface area (Å²) in [5, 5.41) is 43.0. The molecule has 37 heavy (non-hydrogen) atoms. The van der Waals surface area contributed by atoms with Crippen LogP contribution in [0.1, 0.15) is 60.8 Å². The molecular formula is C29H27NO5S2. The zero-order valence-corrected chi connectivity index (χ0v) is 22.1. The van der Waals surface area contributed by atoms with Crippen molar-refractivity contribution >= 4 is 29.5 Å². The first-order valence-electron chi connectivity index (χ1n) is 12.4. The molecule has 5 unspecified atom stereocenters. The zero-order valence-electron chi connectivity index (χ0n) is 20.5. The predicted octanol–water partition coefficient (Wildman–Crippen LogP) is 5.56. The molecule has 0 amide bonds. The first kappa shape index (κ1) is 24.5. The first-order valence-corrected chi connectivity index (χ1v) is 14.2. The molecule has 2 aromatic rings. The van der Waals surface area contributed by atoms with E-state index >= 15 is 0 Å². The topological polar surface area (TPSA) is 111 Å². The number of aromatic hydroxyl groups is 2. The first-order chi connectivity index (χ1) is 17.7. The van der Waals surface area contributed by atoms with E-state index in [9.17, 15) is 25.4 Å². The monoisotopic (exact) mass is 533 g/mol. The van der Waals surface area contributed by atoms with Gasteiger partial charge in [-0.2, -0.15) is 5.26 Å². The molecule has 0 radical (unpaired) electrons. The lowest BCUT2D eigenvalue weighted by atomic mass is 9.55. The second kappa shape index (κ2) is 8.87. The third kappa shape index (κ3) is 3.79. The van der Waals surface area contributed by atoms with Crippen LogP contribution >= 0.6 is 23.5 Å². The van der Waals surface area contributed by atoms with Crippen LogP contribution in [0.3, 0.4) is 0 Å². The van der Waals surface area contributed by atoms with Crippen LogP contribution in [0.2, 0.25) is 0 Å². The molecule has 7 rings (SSSR count). The molecular weight excluding hydrogens is 506 g/mol. The van der Waals surface area contributed by atoms with Gasteiger partial charge >= 0.3 is 5.97 Å². The summed E-state index contributed by atoms with van der Waals surface area (Å²) in [6, 6.07) is 10.3. The van der Waals surface area contributed by atoms with Crippen LogP contribution in [0.15, 0.2) is 57.9 Å². The van der Waals surface area contributed by atoms with Crippen molar-refractivity contribution in [3.8, 4) is 17.6 Å². The molecule has 0 saturated carbocycles. The van der Waals surface area contributed by atoms with Gasteiger partial charge in [-0.1, -0.05) is 48.1 Å². The van der Waals surface area contributed by atoms with Gasteiger partial charge in [0.1, 0.15) is 11.5 Å². The highest BCUT2D eigenvalue weighted by Gasteiger charge is 2.51. The number of thioether (sulfide) groups is 2. The van der Waals surface area contributed by atoms with E-state index in [1.807, 2.05) is 12.1 Å². The van der Waals surface area contributed by atoms with Gasteiger partial charge in [0.25, 0.3) is 0 Å². The van der Waals surface area contributed by atoms with Gasteiger partial charge in [-0.15, -0.1) is 23.5 Å². The van der Waals surface area contributed by atoms with Gasteiger partial charge in [-0.05, 0) is 37.3 Å². The van der Waals surface area contributed by atoms with Crippen molar-refractivity contribution in [1.82, 2.24) is 0 Å². The van der Waals surface area contributed by atoms with Crippen molar-refractivity contribution in [3.05, 3.63) is 70.3 Å². The molecule has 1 aliphatic heterocycles. The minimum Gasteiger partial charge on any atom is -0.506 e. The quantitative estimate of drug-likeness (QED) is 0.339. The Morgan fingerprint density at radius 2 is 1.84 bits per heavy atom. The maximum absolute atomic E-state index is 12.8. The lowest BCUT2D eigenvalue weighted by Crippen LogP contribution is -2.35. The number of allylic oxidation sites excluding steroid dienone is 4. The van der Waals surface area contributed by atoms with Gasteiger partial charge in [0.15, 0.2) is 5.92 Å². The number of aliphatic hydroxyl groups is 1. The van der Waals surface area contributed by atoms with Crippen LogP contribution < -0.4 is 0 Å². The number of nitrogens with zero attached hydrogens (tertiary/aromatic N) is 1. The Hall–Kier alpha value is -2.86. The maximum Gasteiger partial charge on any atom is 0.325 e. The van der Waals surface area contributed by atoms with Crippen molar-refractivity contribution in [2.45, 2.75) is 58.5 Å². The number of carbonyl (C=O) groups excluding carboxylic acids is 1. The van der Waals surface area contributed by atoms with E-state index in [4.69, 9.17) is 4.74 Å². The number of ether oxygens (including phenoxy) is 1. The van der Waals surface area contributed by atoms with Crippen molar-refractivity contribution in [2.24, 2.45) is 11.8 Å². The molecule has 2 bridgehead atoms. The van der Waals surface area contributed by atoms with E-state index in [0.29, 0.717) is 9.79 Å². The number of esters is 1. The Bertz CT molecular complexity index is 1420. The molecule has 0 fully saturated rings. The molecule has 3 N–H and O–H groups in total.